The second-order valence-electron chi connectivity index (χ2n) is 9.48. The smallest absolute Gasteiger partial charge is 0.243 e. The molecule has 0 bridgehead atoms. The van der Waals surface area contributed by atoms with Crippen molar-refractivity contribution in [1.82, 2.24) is 14.2 Å². The van der Waals surface area contributed by atoms with Crippen molar-refractivity contribution in [3.8, 4) is 0 Å². The number of amides is 1. The summed E-state index contributed by atoms with van der Waals surface area (Å²) in [5.74, 6) is -0.176. The van der Waals surface area contributed by atoms with E-state index in [-0.39, 0.29) is 11.8 Å². The van der Waals surface area contributed by atoms with Crippen LogP contribution < -0.4 is 4.90 Å². The van der Waals surface area contributed by atoms with E-state index in [1.165, 1.54) is 9.87 Å². The van der Waals surface area contributed by atoms with Gasteiger partial charge >= 0.3 is 0 Å². The number of rotatable bonds is 9. The molecule has 1 aromatic heterocycles. The largest absolute Gasteiger partial charge is 0.302 e. The average molecular weight is 529 g/mol. The highest BCUT2D eigenvalue weighted by atomic mass is 32.2. The fourth-order valence-corrected chi connectivity index (χ4v) is 7.20. The summed E-state index contributed by atoms with van der Waals surface area (Å²) in [4.78, 5) is 23.1. The molecule has 1 fully saturated rings. The van der Waals surface area contributed by atoms with E-state index < -0.39 is 10.0 Å². The van der Waals surface area contributed by atoms with E-state index in [0.29, 0.717) is 37.4 Å². The first-order chi connectivity index (χ1) is 17.2. The van der Waals surface area contributed by atoms with Crippen LogP contribution in [0.25, 0.3) is 10.2 Å². The van der Waals surface area contributed by atoms with Crippen molar-refractivity contribution < 1.29 is 13.2 Å². The third-order valence-corrected chi connectivity index (χ3v) is 9.98. The lowest BCUT2D eigenvalue weighted by atomic mass is 9.96. The van der Waals surface area contributed by atoms with Gasteiger partial charge < -0.3 is 4.90 Å². The van der Waals surface area contributed by atoms with E-state index in [0.717, 1.165) is 40.5 Å². The zero-order valence-electron chi connectivity index (χ0n) is 21.6. The van der Waals surface area contributed by atoms with Gasteiger partial charge in [-0.2, -0.15) is 4.31 Å². The molecule has 0 saturated carbocycles. The Labute approximate surface area is 218 Å². The maximum absolute atomic E-state index is 13.8. The number of carbonyl (C=O) groups excluding carboxylic acids is 1. The third-order valence-electron chi connectivity index (χ3n) is 7.03. The quantitative estimate of drug-likeness (QED) is 0.403. The number of nitrogens with zero attached hydrogens (tertiary/aromatic N) is 4. The summed E-state index contributed by atoms with van der Waals surface area (Å²) in [5, 5.41) is 0.725. The minimum absolute atomic E-state index is 0.0466. The molecule has 2 heterocycles. The Morgan fingerprint density at radius 3 is 2.28 bits per heavy atom. The normalized spacial score (nSPS) is 15.6. The number of benzene rings is 2. The molecule has 0 unspecified atom stereocenters. The highest BCUT2D eigenvalue weighted by Crippen LogP contribution is 2.32. The van der Waals surface area contributed by atoms with Crippen LogP contribution in [0.5, 0.6) is 0 Å². The summed E-state index contributed by atoms with van der Waals surface area (Å²) in [6.07, 6.45) is 1.02. The van der Waals surface area contributed by atoms with Gasteiger partial charge in [0.2, 0.25) is 15.9 Å². The van der Waals surface area contributed by atoms with Gasteiger partial charge in [0.1, 0.15) is 0 Å². The molecule has 1 saturated heterocycles. The van der Waals surface area contributed by atoms with Crippen LogP contribution in [-0.2, 0) is 14.8 Å². The molecule has 2 aromatic carbocycles. The van der Waals surface area contributed by atoms with Crippen molar-refractivity contribution in [3.05, 3.63) is 53.6 Å². The molecule has 0 spiro atoms. The number of carbonyl (C=O) groups is 1. The minimum atomic E-state index is -3.56. The number of aryl methyl sites for hydroxylation is 2. The van der Waals surface area contributed by atoms with Crippen LogP contribution >= 0.6 is 11.3 Å². The lowest BCUT2D eigenvalue weighted by Gasteiger charge is -2.33. The molecule has 1 aliphatic rings. The number of anilines is 1. The lowest BCUT2D eigenvalue weighted by Crippen LogP contribution is -2.46. The van der Waals surface area contributed by atoms with E-state index in [2.05, 4.69) is 31.7 Å². The zero-order chi connectivity index (χ0) is 25.9. The number of piperidine rings is 1. The monoisotopic (exact) mass is 528 g/mol. The second-order valence-corrected chi connectivity index (χ2v) is 12.4. The Balaban J connectivity index is 1.51. The van der Waals surface area contributed by atoms with Crippen LogP contribution in [0.1, 0.15) is 37.8 Å². The first-order valence-corrected chi connectivity index (χ1v) is 15.0. The molecule has 36 heavy (non-hydrogen) atoms. The molecule has 7 nitrogen and oxygen atoms in total. The average Bonchev–Trinajstić information content (AvgIpc) is 3.29. The van der Waals surface area contributed by atoms with E-state index in [9.17, 15) is 13.2 Å². The molecular formula is C27H36N4O3S2. The van der Waals surface area contributed by atoms with Crippen LogP contribution in [-0.4, -0.2) is 67.8 Å². The fraction of sp³-hybridized carbons (Fsp3) is 0.481. The number of thiazole rings is 1. The molecule has 1 aliphatic heterocycles. The van der Waals surface area contributed by atoms with Gasteiger partial charge in [-0.1, -0.05) is 48.9 Å². The van der Waals surface area contributed by atoms with Crippen LogP contribution in [0, 0.1) is 19.8 Å². The second kappa shape index (κ2) is 11.4. The Kier molecular flexibility index (Phi) is 8.44. The first-order valence-electron chi connectivity index (χ1n) is 12.7. The highest BCUT2D eigenvalue weighted by Gasteiger charge is 2.35. The zero-order valence-corrected chi connectivity index (χ0v) is 23.2. The summed E-state index contributed by atoms with van der Waals surface area (Å²) >= 11 is 1.55. The van der Waals surface area contributed by atoms with Crippen LogP contribution in [0.3, 0.4) is 0 Å². The van der Waals surface area contributed by atoms with Crippen molar-refractivity contribution in [2.45, 2.75) is 45.4 Å². The van der Waals surface area contributed by atoms with Gasteiger partial charge in [-0.25, -0.2) is 13.4 Å². The fourth-order valence-electron chi connectivity index (χ4n) is 4.64. The van der Waals surface area contributed by atoms with Gasteiger partial charge in [-0.3, -0.25) is 9.69 Å². The molecule has 3 aromatic rings. The molecule has 0 atom stereocenters. The van der Waals surface area contributed by atoms with Crippen LogP contribution in [0.4, 0.5) is 5.13 Å². The highest BCUT2D eigenvalue weighted by molar-refractivity contribution is 7.89. The van der Waals surface area contributed by atoms with Crippen molar-refractivity contribution in [2.75, 3.05) is 44.2 Å². The Morgan fingerprint density at radius 1 is 1.00 bits per heavy atom. The van der Waals surface area contributed by atoms with Crippen molar-refractivity contribution in [3.63, 3.8) is 0 Å². The Bertz CT molecular complexity index is 1290. The van der Waals surface area contributed by atoms with Gasteiger partial charge in [-0.15, -0.1) is 0 Å². The summed E-state index contributed by atoms with van der Waals surface area (Å²) in [5.41, 5.74) is 3.09. The number of fused-ring (bicyclic) bond motifs is 1. The molecule has 1 amide bonds. The Hall–Kier alpha value is -2.33. The van der Waals surface area contributed by atoms with Gasteiger partial charge in [-0.05, 0) is 69.6 Å². The molecule has 9 heteroatoms. The molecular weight excluding hydrogens is 492 g/mol. The van der Waals surface area contributed by atoms with E-state index in [4.69, 9.17) is 4.98 Å². The first kappa shape index (κ1) is 26.7. The number of aromatic nitrogens is 1. The predicted molar refractivity (Wildman–Crippen MR) is 147 cm³/mol. The topological polar surface area (TPSA) is 73.8 Å². The third kappa shape index (κ3) is 5.80. The SMILES string of the molecule is CCN(CC)CCN(C(=O)C1CCN(S(=O)(=O)c2ccc(C)cc2)CC1)c1nc2ccc(C)cc2s1. The van der Waals surface area contributed by atoms with Gasteiger partial charge in [0, 0.05) is 32.1 Å². The molecule has 194 valence electrons. The Morgan fingerprint density at radius 2 is 1.64 bits per heavy atom. The van der Waals surface area contributed by atoms with Gasteiger partial charge in [0.25, 0.3) is 0 Å². The lowest BCUT2D eigenvalue weighted by molar-refractivity contribution is -0.123. The standard InChI is InChI=1S/C27H36N4O3S2/c1-5-29(6-2)17-18-31(27-28-24-12-9-21(4)19-25(24)35-27)26(32)22-13-15-30(16-14-22)36(33,34)23-10-7-20(3)8-11-23/h7-12,19,22H,5-6,13-18H2,1-4H3. The van der Waals surface area contributed by atoms with E-state index in [1.807, 2.05) is 36.1 Å². The summed E-state index contributed by atoms with van der Waals surface area (Å²) < 4.78 is 28.8. The maximum Gasteiger partial charge on any atom is 0.243 e. The summed E-state index contributed by atoms with van der Waals surface area (Å²) in [6, 6.07) is 13.1. The summed E-state index contributed by atoms with van der Waals surface area (Å²) in [7, 11) is -3.56. The molecule has 0 aliphatic carbocycles. The van der Waals surface area contributed by atoms with Crippen molar-refractivity contribution >= 4 is 42.6 Å². The maximum atomic E-state index is 13.8. The van der Waals surface area contributed by atoms with Crippen LogP contribution in [0.15, 0.2) is 47.4 Å². The summed E-state index contributed by atoms with van der Waals surface area (Å²) in [6.45, 7) is 12.1. The van der Waals surface area contributed by atoms with Crippen LogP contribution in [0.2, 0.25) is 0 Å². The number of hydrogen-bond acceptors (Lipinski definition) is 6. The number of hydrogen-bond donors (Lipinski definition) is 0. The van der Waals surface area contributed by atoms with Crippen molar-refractivity contribution in [2.24, 2.45) is 5.92 Å². The van der Waals surface area contributed by atoms with Gasteiger partial charge in [0.15, 0.2) is 5.13 Å². The van der Waals surface area contributed by atoms with E-state index >= 15 is 0 Å². The number of likely N-dealkylation sites (N-methyl/N-ethyl adjacent to an activating group) is 1. The van der Waals surface area contributed by atoms with Crippen molar-refractivity contribution in [1.29, 1.82) is 0 Å². The van der Waals surface area contributed by atoms with E-state index in [1.54, 1.807) is 23.5 Å². The molecule has 4 rings (SSSR count). The van der Waals surface area contributed by atoms with Gasteiger partial charge in [0.05, 0.1) is 15.1 Å². The number of sulfonamides is 1. The predicted octanol–water partition coefficient (Wildman–Crippen LogP) is 4.69. The molecule has 0 N–H and O–H groups in total. The molecule has 0 radical (unpaired) electrons. The minimum Gasteiger partial charge on any atom is -0.302 e.